The minimum Gasteiger partial charge on any atom is -0.489 e. The van der Waals surface area contributed by atoms with Gasteiger partial charge in [0.25, 0.3) is 0 Å². The lowest BCUT2D eigenvalue weighted by Crippen LogP contribution is -2.50. The van der Waals surface area contributed by atoms with Crippen LogP contribution >= 0.6 is 0 Å². The molecule has 15 heteroatoms. The third-order valence-corrected chi connectivity index (χ3v) is 8.53. The first kappa shape index (κ1) is 35.1. The molecule has 0 atom stereocenters. The highest BCUT2D eigenvalue weighted by atomic mass is 19.4. The quantitative estimate of drug-likeness (QED) is 0.156. The fraction of sp³-hybridized carbons (Fsp3) is 0.424. The van der Waals surface area contributed by atoms with Crippen LogP contribution in [0.3, 0.4) is 0 Å². The lowest BCUT2D eigenvalue weighted by molar-refractivity contribution is -0.139. The molecule has 0 radical (unpaired) electrons. The number of alkyl halides is 6. The molecule has 2 fully saturated rings. The topological polar surface area (TPSA) is 97.7 Å². The number of benzene rings is 3. The number of carbonyl (C=O) groups excluding carboxylic acids is 1. The molecule has 1 aliphatic heterocycles. The molecule has 3 aromatic rings. The zero-order valence-electron chi connectivity index (χ0n) is 25.8. The van der Waals surface area contributed by atoms with Gasteiger partial charge in [-0.2, -0.15) is 26.3 Å². The van der Waals surface area contributed by atoms with Crippen LogP contribution < -0.4 is 20.2 Å². The monoisotopic (exact) mass is 682 g/mol. The van der Waals surface area contributed by atoms with E-state index in [-0.39, 0.29) is 37.0 Å². The number of amides is 1. The van der Waals surface area contributed by atoms with Gasteiger partial charge in [0.2, 0.25) is 5.91 Å². The largest absolute Gasteiger partial charge is 0.489 e. The number of nitrogens with one attached hydrogen (secondary N) is 1. The number of piperazine rings is 1. The van der Waals surface area contributed by atoms with Gasteiger partial charge in [0, 0.05) is 43.6 Å². The molecule has 0 aromatic heterocycles. The first-order valence-electron chi connectivity index (χ1n) is 15.5. The molecule has 3 N–H and O–H groups in total. The summed E-state index contributed by atoms with van der Waals surface area (Å²) in [7, 11) is 0. The van der Waals surface area contributed by atoms with E-state index in [0.717, 1.165) is 30.0 Å². The van der Waals surface area contributed by atoms with E-state index in [2.05, 4.69) is 10.2 Å². The zero-order chi connectivity index (χ0) is 34.5. The molecular weight excluding hydrogens is 646 g/mol. The van der Waals surface area contributed by atoms with Crippen LogP contribution in [-0.2, 0) is 28.5 Å². The van der Waals surface area contributed by atoms with Crippen LogP contribution in [0.5, 0.6) is 5.75 Å². The van der Waals surface area contributed by atoms with Crippen LogP contribution in [-0.4, -0.2) is 66.2 Å². The Morgan fingerprint density at radius 1 is 0.833 bits per heavy atom. The van der Waals surface area contributed by atoms with Crippen molar-refractivity contribution in [3.63, 3.8) is 0 Å². The summed E-state index contributed by atoms with van der Waals surface area (Å²) in [5.41, 5.74) is -0.853. The van der Waals surface area contributed by atoms with Crippen LogP contribution in [0.25, 0.3) is 0 Å². The minimum atomic E-state index is -4.77. The number of nitrogens with zero attached hydrogens (tertiary/aromatic N) is 3. The van der Waals surface area contributed by atoms with Crippen molar-refractivity contribution < 1.29 is 51.0 Å². The second kappa shape index (κ2) is 14.9. The molecule has 0 spiro atoms. The molecule has 0 unspecified atom stereocenters. The summed E-state index contributed by atoms with van der Waals surface area (Å²) in [6, 6.07) is 15.3. The fourth-order valence-electron chi connectivity index (χ4n) is 5.84. The number of carbonyl (C=O) groups is 1. The number of anilines is 3. The van der Waals surface area contributed by atoms with Crippen LogP contribution in [0.4, 0.5) is 43.4 Å². The van der Waals surface area contributed by atoms with Gasteiger partial charge in [-0.1, -0.05) is 12.1 Å². The molecule has 2 aliphatic rings. The van der Waals surface area contributed by atoms with Crippen molar-refractivity contribution in [2.24, 2.45) is 0 Å². The van der Waals surface area contributed by atoms with Gasteiger partial charge in [-0.15, -0.1) is 5.23 Å². The highest BCUT2D eigenvalue weighted by Gasteiger charge is 2.36. The average Bonchev–Trinajstić information content (AvgIpc) is 3.06. The van der Waals surface area contributed by atoms with Gasteiger partial charge in [0.15, 0.2) is 0 Å². The Morgan fingerprint density at radius 3 is 2.06 bits per heavy atom. The molecule has 260 valence electrons. The molecule has 1 saturated carbocycles. The number of rotatable bonds is 10. The normalized spacial score (nSPS) is 18.8. The molecule has 1 amide bonds. The second-order valence-corrected chi connectivity index (χ2v) is 11.8. The first-order valence-corrected chi connectivity index (χ1v) is 15.5. The lowest BCUT2D eigenvalue weighted by atomic mass is 9.92. The molecule has 9 nitrogen and oxygen atoms in total. The Labute approximate surface area is 273 Å². The Morgan fingerprint density at radius 2 is 1.48 bits per heavy atom. The van der Waals surface area contributed by atoms with E-state index in [1.54, 1.807) is 17.0 Å². The number of hydrogen-bond acceptors (Lipinski definition) is 8. The van der Waals surface area contributed by atoms with Crippen molar-refractivity contribution in [2.75, 3.05) is 48.2 Å². The van der Waals surface area contributed by atoms with Gasteiger partial charge >= 0.3 is 12.4 Å². The van der Waals surface area contributed by atoms with Gasteiger partial charge < -0.3 is 24.6 Å². The average molecular weight is 683 g/mol. The van der Waals surface area contributed by atoms with E-state index >= 15 is 0 Å². The van der Waals surface area contributed by atoms with Gasteiger partial charge in [-0.25, -0.2) is 0 Å². The van der Waals surface area contributed by atoms with Crippen molar-refractivity contribution in [2.45, 2.75) is 56.8 Å². The van der Waals surface area contributed by atoms with Crippen molar-refractivity contribution in [3.05, 3.63) is 83.4 Å². The predicted molar refractivity (Wildman–Crippen MR) is 164 cm³/mol. The lowest BCUT2D eigenvalue weighted by Gasteiger charge is -2.36. The smallest absolute Gasteiger partial charge is 0.418 e. The summed E-state index contributed by atoms with van der Waals surface area (Å²) in [6.45, 7) is 2.38. The van der Waals surface area contributed by atoms with E-state index in [1.807, 2.05) is 12.1 Å². The van der Waals surface area contributed by atoms with Crippen LogP contribution in [0.1, 0.15) is 42.4 Å². The van der Waals surface area contributed by atoms with E-state index in [4.69, 9.17) is 19.9 Å². The number of hydrogen-bond donors (Lipinski definition) is 3. The third kappa shape index (κ3) is 9.23. The van der Waals surface area contributed by atoms with Gasteiger partial charge in [-0.3, -0.25) is 15.2 Å². The van der Waals surface area contributed by atoms with Crippen molar-refractivity contribution in [3.8, 4) is 5.75 Å². The predicted octanol–water partition coefficient (Wildman–Crippen LogP) is 6.98. The van der Waals surface area contributed by atoms with Gasteiger partial charge in [-0.05, 0) is 85.8 Å². The van der Waals surface area contributed by atoms with Crippen molar-refractivity contribution in [1.29, 1.82) is 0 Å². The Bertz CT molecular complexity index is 1500. The molecule has 3 aromatic carbocycles. The molecular formula is C33H36F6N4O5. The molecule has 5 rings (SSSR count). The van der Waals surface area contributed by atoms with Gasteiger partial charge in [0.05, 0.1) is 17.2 Å². The number of ether oxygens (including phenoxy) is 2. The molecule has 1 aliphatic carbocycles. The molecule has 1 saturated heterocycles. The Hall–Kier alpha value is -4.21. The summed E-state index contributed by atoms with van der Waals surface area (Å²) >= 11 is 0. The summed E-state index contributed by atoms with van der Waals surface area (Å²) in [5, 5.41) is 20.8. The maximum atomic E-state index is 13.4. The van der Waals surface area contributed by atoms with E-state index in [1.165, 1.54) is 18.2 Å². The Kier molecular flexibility index (Phi) is 10.9. The highest BCUT2D eigenvalue weighted by molar-refractivity contribution is 5.77. The Balaban J connectivity index is 1.00. The minimum absolute atomic E-state index is 0.0526. The number of halogens is 6. The van der Waals surface area contributed by atoms with Crippen molar-refractivity contribution >= 4 is 23.0 Å². The SMILES string of the molecule is O=C(COC1CCC(Nc2ccc(N(O)O)c(C(F)(F)F)c2)CC1)N1CCN(c2ccc(OCc3ccc(C(F)(F)F)cc3)cc2)CC1. The van der Waals surface area contributed by atoms with Crippen molar-refractivity contribution in [1.82, 2.24) is 4.90 Å². The standard InChI is InChI=1S/C33H36F6N4O5/c34-32(35,36)23-3-1-22(2-4-23)20-47-28-12-8-26(9-13-28)41-15-17-42(18-16-41)31(44)21-48-27-10-5-24(6-11-27)40-25-7-14-30(43(45)46)29(19-25)33(37,38)39/h1-4,7-9,12-14,19,24,27,40,45-46H,5-6,10-11,15-18,20-21H2. The second-order valence-electron chi connectivity index (χ2n) is 11.8. The zero-order valence-corrected chi connectivity index (χ0v) is 25.8. The van der Waals surface area contributed by atoms with Crippen LogP contribution in [0.15, 0.2) is 66.7 Å². The van der Waals surface area contributed by atoms with E-state index in [9.17, 15) is 31.1 Å². The fourth-order valence-corrected chi connectivity index (χ4v) is 5.84. The molecule has 0 bridgehead atoms. The summed E-state index contributed by atoms with van der Waals surface area (Å²) in [6.07, 6.45) is -6.77. The van der Waals surface area contributed by atoms with E-state index < -0.39 is 34.4 Å². The maximum absolute atomic E-state index is 13.4. The summed E-state index contributed by atoms with van der Waals surface area (Å²) in [5.74, 6) is 0.476. The first-order chi connectivity index (χ1) is 22.8. The van der Waals surface area contributed by atoms with Crippen LogP contribution in [0.2, 0.25) is 0 Å². The summed E-state index contributed by atoms with van der Waals surface area (Å²) < 4.78 is 90.0. The summed E-state index contributed by atoms with van der Waals surface area (Å²) in [4.78, 5) is 16.7. The third-order valence-electron chi connectivity index (χ3n) is 8.53. The van der Waals surface area contributed by atoms with Crippen LogP contribution in [0, 0.1) is 0 Å². The maximum Gasteiger partial charge on any atom is 0.418 e. The molecule has 1 heterocycles. The molecule has 48 heavy (non-hydrogen) atoms. The highest BCUT2D eigenvalue weighted by Crippen LogP contribution is 2.38. The van der Waals surface area contributed by atoms with Gasteiger partial charge in [0.1, 0.15) is 24.7 Å². The van der Waals surface area contributed by atoms with E-state index in [0.29, 0.717) is 63.2 Å².